The third-order valence-corrected chi connectivity index (χ3v) is 2.78. The fourth-order valence-electron chi connectivity index (χ4n) is 1.90. The highest BCUT2D eigenvalue weighted by Gasteiger charge is 2.17. The first-order valence-electron chi connectivity index (χ1n) is 5.47. The number of carbonyl (C=O) groups is 1. The molecule has 0 amide bonds. The standard InChI is InChI=1S/C13H10N2O3/c1-8-4-11-12(18-7-17-11)5-9(8)10-2-3-14-13(6-16)15-10/h2-6H,7H2,1H3. The average molecular weight is 242 g/mol. The Balaban J connectivity index is 2.13. The van der Waals surface area contributed by atoms with Crippen molar-refractivity contribution in [3.8, 4) is 22.8 Å². The predicted octanol–water partition coefficient (Wildman–Crippen LogP) is 1.99. The maximum Gasteiger partial charge on any atom is 0.231 e. The van der Waals surface area contributed by atoms with Crippen molar-refractivity contribution in [1.82, 2.24) is 9.97 Å². The quantitative estimate of drug-likeness (QED) is 0.754. The number of aromatic nitrogens is 2. The van der Waals surface area contributed by atoms with Crippen LogP contribution in [0.5, 0.6) is 11.5 Å². The molecule has 0 N–H and O–H groups in total. The summed E-state index contributed by atoms with van der Waals surface area (Å²) in [5, 5.41) is 0. The molecule has 1 aliphatic heterocycles. The average Bonchev–Trinajstić information content (AvgIpc) is 2.85. The van der Waals surface area contributed by atoms with E-state index >= 15 is 0 Å². The Bertz CT molecular complexity index is 626. The summed E-state index contributed by atoms with van der Waals surface area (Å²) < 4.78 is 10.6. The van der Waals surface area contributed by atoms with Gasteiger partial charge < -0.3 is 9.47 Å². The number of ether oxygens (including phenoxy) is 2. The van der Waals surface area contributed by atoms with Crippen LogP contribution >= 0.6 is 0 Å². The van der Waals surface area contributed by atoms with Crippen molar-refractivity contribution >= 4 is 6.29 Å². The second-order valence-electron chi connectivity index (χ2n) is 3.94. The van der Waals surface area contributed by atoms with Crippen molar-refractivity contribution in [2.45, 2.75) is 6.92 Å². The van der Waals surface area contributed by atoms with Crippen molar-refractivity contribution in [1.29, 1.82) is 0 Å². The fourth-order valence-corrected chi connectivity index (χ4v) is 1.90. The van der Waals surface area contributed by atoms with E-state index in [2.05, 4.69) is 9.97 Å². The van der Waals surface area contributed by atoms with Crippen molar-refractivity contribution in [3.63, 3.8) is 0 Å². The SMILES string of the molecule is Cc1cc2c(cc1-c1ccnc(C=O)n1)OCO2. The number of aldehydes is 1. The molecule has 0 saturated carbocycles. The summed E-state index contributed by atoms with van der Waals surface area (Å²) in [5.41, 5.74) is 2.61. The Morgan fingerprint density at radius 3 is 2.83 bits per heavy atom. The van der Waals surface area contributed by atoms with Crippen LogP contribution in [-0.2, 0) is 0 Å². The van der Waals surface area contributed by atoms with Gasteiger partial charge in [-0.1, -0.05) is 0 Å². The van der Waals surface area contributed by atoms with Gasteiger partial charge in [0.2, 0.25) is 6.79 Å². The van der Waals surface area contributed by atoms with Crippen LogP contribution in [-0.4, -0.2) is 23.0 Å². The molecule has 5 nitrogen and oxygen atoms in total. The van der Waals surface area contributed by atoms with E-state index in [4.69, 9.17) is 9.47 Å². The van der Waals surface area contributed by atoms with Crippen LogP contribution in [0.1, 0.15) is 16.2 Å². The van der Waals surface area contributed by atoms with Crippen LogP contribution in [0.2, 0.25) is 0 Å². The molecule has 0 radical (unpaired) electrons. The molecule has 0 bridgehead atoms. The highest BCUT2D eigenvalue weighted by Crippen LogP contribution is 2.37. The van der Waals surface area contributed by atoms with E-state index in [1.54, 1.807) is 12.3 Å². The first-order valence-corrected chi connectivity index (χ1v) is 5.47. The molecule has 0 aliphatic carbocycles. The minimum absolute atomic E-state index is 0.171. The lowest BCUT2D eigenvalue weighted by molar-refractivity contribution is 0.111. The Labute approximate surface area is 103 Å². The molecular weight excluding hydrogens is 232 g/mol. The van der Waals surface area contributed by atoms with Crippen LogP contribution in [0.3, 0.4) is 0 Å². The van der Waals surface area contributed by atoms with E-state index in [-0.39, 0.29) is 12.6 Å². The lowest BCUT2D eigenvalue weighted by Crippen LogP contribution is -1.95. The Hall–Kier alpha value is -2.43. The van der Waals surface area contributed by atoms with Crippen LogP contribution in [0.25, 0.3) is 11.3 Å². The van der Waals surface area contributed by atoms with Gasteiger partial charge in [-0.3, -0.25) is 4.79 Å². The van der Waals surface area contributed by atoms with E-state index in [9.17, 15) is 4.79 Å². The monoisotopic (exact) mass is 242 g/mol. The van der Waals surface area contributed by atoms with E-state index in [0.29, 0.717) is 17.7 Å². The normalized spacial score (nSPS) is 12.5. The van der Waals surface area contributed by atoms with Crippen LogP contribution in [0.4, 0.5) is 0 Å². The number of carbonyl (C=O) groups excluding carboxylic acids is 1. The van der Waals surface area contributed by atoms with Gasteiger partial charge in [0.15, 0.2) is 23.6 Å². The second-order valence-corrected chi connectivity index (χ2v) is 3.94. The van der Waals surface area contributed by atoms with Gasteiger partial charge >= 0.3 is 0 Å². The Morgan fingerprint density at radius 1 is 1.28 bits per heavy atom. The molecule has 3 rings (SSSR count). The van der Waals surface area contributed by atoms with Gasteiger partial charge in [0.1, 0.15) is 0 Å². The maximum atomic E-state index is 10.7. The maximum absolute atomic E-state index is 10.7. The molecule has 2 heterocycles. The highest BCUT2D eigenvalue weighted by molar-refractivity contribution is 5.73. The van der Waals surface area contributed by atoms with E-state index in [1.807, 2.05) is 19.1 Å². The van der Waals surface area contributed by atoms with Crippen molar-refractivity contribution in [2.75, 3.05) is 6.79 Å². The molecule has 1 aromatic heterocycles. The molecule has 18 heavy (non-hydrogen) atoms. The molecule has 5 heteroatoms. The molecule has 1 aromatic carbocycles. The molecule has 0 unspecified atom stereocenters. The summed E-state index contributed by atoms with van der Waals surface area (Å²) in [6, 6.07) is 5.53. The Kier molecular flexibility index (Phi) is 2.44. The largest absolute Gasteiger partial charge is 0.454 e. The molecule has 0 saturated heterocycles. The van der Waals surface area contributed by atoms with Crippen LogP contribution in [0.15, 0.2) is 24.4 Å². The number of rotatable bonds is 2. The zero-order chi connectivity index (χ0) is 12.5. The molecule has 90 valence electrons. The first-order chi connectivity index (χ1) is 8.78. The third kappa shape index (κ3) is 1.69. The Morgan fingerprint density at radius 2 is 2.06 bits per heavy atom. The summed E-state index contributed by atoms with van der Waals surface area (Å²) in [6.07, 6.45) is 2.20. The lowest BCUT2D eigenvalue weighted by atomic mass is 10.0. The van der Waals surface area contributed by atoms with E-state index < -0.39 is 0 Å². The fraction of sp³-hybridized carbons (Fsp3) is 0.154. The molecule has 2 aromatic rings. The highest BCUT2D eigenvalue weighted by atomic mass is 16.7. The molecule has 0 spiro atoms. The lowest BCUT2D eigenvalue weighted by Gasteiger charge is -2.07. The summed E-state index contributed by atoms with van der Waals surface area (Å²) >= 11 is 0. The topological polar surface area (TPSA) is 61.3 Å². The van der Waals surface area contributed by atoms with Gasteiger partial charge in [0.25, 0.3) is 0 Å². The van der Waals surface area contributed by atoms with Crippen LogP contribution in [0, 0.1) is 6.92 Å². The first kappa shape index (κ1) is 10.7. The third-order valence-electron chi connectivity index (χ3n) is 2.78. The van der Waals surface area contributed by atoms with E-state index in [1.165, 1.54) is 0 Å². The van der Waals surface area contributed by atoms with Crippen molar-refractivity contribution < 1.29 is 14.3 Å². The molecule has 1 aliphatic rings. The number of nitrogens with zero attached hydrogens (tertiary/aromatic N) is 2. The summed E-state index contributed by atoms with van der Waals surface area (Å²) in [6.45, 7) is 2.20. The van der Waals surface area contributed by atoms with Crippen molar-refractivity contribution in [3.05, 3.63) is 35.8 Å². The minimum atomic E-state index is 0.171. The predicted molar refractivity (Wildman–Crippen MR) is 63.7 cm³/mol. The van der Waals surface area contributed by atoms with Gasteiger partial charge in [-0.15, -0.1) is 0 Å². The number of aryl methyl sites for hydroxylation is 1. The molecule has 0 fully saturated rings. The van der Waals surface area contributed by atoms with Gasteiger partial charge in [0, 0.05) is 11.8 Å². The van der Waals surface area contributed by atoms with E-state index in [0.717, 1.165) is 16.9 Å². The zero-order valence-corrected chi connectivity index (χ0v) is 9.71. The number of hydrogen-bond donors (Lipinski definition) is 0. The second kappa shape index (κ2) is 4.10. The van der Waals surface area contributed by atoms with Gasteiger partial charge in [-0.2, -0.15) is 0 Å². The van der Waals surface area contributed by atoms with Gasteiger partial charge in [-0.25, -0.2) is 9.97 Å². The minimum Gasteiger partial charge on any atom is -0.454 e. The smallest absolute Gasteiger partial charge is 0.231 e. The number of benzene rings is 1. The summed E-state index contributed by atoms with van der Waals surface area (Å²) in [7, 11) is 0. The molecular formula is C13H10N2O3. The summed E-state index contributed by atoms with van der Waals surface area (Å²) in [5.74, 6) is 1.60. The van der Waals surface area contributed by atoms with Gasteiger partial charge in [0.05, 0.1) is 5.69 Å². The zero-order valence-electron chi connectivity index (χ0n) is 9.71. The summed E-state index contributed by atoms with van der Waals surface area (Å²) in [4.78, 5) is 18.7. The number of hydrogen-bond acceptors (Lipinski definition) is 5. The number of fused-ring (bicyclic) bond motifs is 1. The molecule has 0 atom stereocenters. The van der Waals surface area contributed by atoms with Crippen molar-refractivity contribution in [2.24, 2.45) is 0 Å². The van der Waals surface area contributed by atoms with Crippen LogP contribution < -0.4 is 9.47 Å². The van der Waals surface area contributed by atoms with Gasteiger partial charge in [-0.05, 0) is 30.7 Å².